The highest BCUT2D eigenvalue weighted by atomic mass is 16.4. The first kappa shape index (κ1) is 14.0. The van der Waals surface area contributed by atoms with Crippen LogP contribution in [0, 0.1) is 0 Å². The van der Waals surface area contributed by atoms with Gasteiger partial charge < -0.3 is 15.8 Å². The average Bonchev–Trinajstić information content (AvgIpc) is 2.46. The topological polar surface area (TPSA) is 101 Å². The normalized spacial score (nSPS) is 10.1. The average molecular weight is 269 g/mol. The van der Waals surface area contributed by atoms with Crippen LogP contribution in [0.25, 0.3) is 11.1 Å². The summed E-state index contributed by atoms with van der Waals surface area (Å²) >= 11 is 0. The molecule has 0 radical (unpaired) electrons. The minimum atomic E-state index is -2.03. The molecule has 0 aliphatic rings. The molecule has 0 bridgehead atoms. The molecular weight excluding hydrogens is 257 g/mol. The smallest absolute Gasteiger partial charge is 0.421 e. The lowest BCUT2D eigenvalue weighted by Gasteiger charge is -2.05. The maximum absolute atomic E-state index is 11.5. The molecule has 20 heavy (non-hydrogen) atoms. The van der Waals surface area contributed by atoms with Crippen LogP contribution in [0.4, 0.5) is 0 Å². The van der Waals surface area contributed by atoms with Gasteiger partial charge in [-0.15, -0.1) is 0 Å². The summed E-state index contributed by atoms with van der Waals surface area (Å²) in [6.07, 6.45) is 0. The largest absolute Gasteiger partial charge is 0.532 e. The first-order valence-corrected chi connectivity index (χ1v) is 5.89. The Morgan fingerprint density at radius 1 is 0.900 bits per heavy atom. The van der Waals surface area contributed by atoms with E-state index in [4.69, 9.17) is 15.8 Å². The summed E-state index contributed by atoms with van der Waals surface area (Å²) < 4.78 is 0. The summed E-state index contributed by atoms with van der Waals surface area (Å²) in [5, 5.41) is 17.8. The Balaban J connectivity index is 2.36. The van der Waals surface area contributed by atoms with E-state index in [-0.39, 0.29) is 5.56 Å². The number of primary amides is 1. The number of carbonyl (C=O) groups excluding carboxylic acids is 2. The molecule has 0 saturated heterocycles. The SMILES string of the molecule is NC(=O)c1ccc(-c2cccc(C(=O)B(O)O)c2)cc1. The van der Waals surface area contributed by atoms with Gasteiger partial charge in [-0.05, 0) is 29.3 Å². The van der Waals surface area contributed by atoms with Crippen LogP contribution in [0.5, 0.6) is 0 Å². The van der Waals surface area contributed by atoms with Crippen LogP contribution in [0.3, 0.4) is 0 Å². The molecule has 1 amide bonds. The monoisotopic (exact) mass is 269 g/mol. The Hall–Kier alpha value is -2.44. The molecule has 0 aromatic heterocycles. The fourth-order valence-electron chi connectivity index (χ4n) is 1.83. The summed E-state index contributed by atoms with van der Waals surface area (Å²) in [7, 11) is -2.03. The zero-order valence-corrected chi connectivity index (χ0v) is 10.5. The summed E-state index contributed by atoms with van der Waals surface area (Å²) in [4.78, 5) is 22.5. The third-order valence-corrected chi connectivity index (χ3v) is 2.88. The Kier molecular flexibility index (Phi) is 3.98. The van der Waals surface area contributed by atoms with Crippen LogP contribution >= 0.6 is 0 Å². The molecule has 100 valence electrons. The molecule has 0 unspecified atom stereocenters. The Morgan fingerprint density at radius 2 is 1.55 bits per heavy atom. The Morgan fingerprint density at radius 3 is 2.10 bits per heavy atom. The summed E-state index contributed by atoms with van der Waals surface area (Å²) in [5.41, 5.74) is 6.52. The van der Waals surface area contributed by atoms with Crippen molar-refractivity contribution in [1.82, 2.24) is 0 Å². The van der Waals surface area contributed by atoms with Crippen molar-refractivity contribution in [2.75, 3.05) is 0 Å². The minimum absolute atomic E-state index is 0.205. The van der Waals surface area contributed by atoms with E-state index in [1.807, 2.05) is 0 Å². The standard InChI is InChI=1S/C14H12BNO4/c16-14(18)10-6-4-9(5-7-10)11-2-1-3-12(8-11)13(17)15(19)20/h1-8,19-20H,(H2,16,18). The lowest BCUT2D eigenvalue weighted by Crippen LogP contribution is -2.25. The molecule has 0 aliphatic carbocycles. The fourth-order valence-corrected chi connectivity index (χ4v) is 1.83. The maximum Gasteiger partial charge on any atom is 0.532 e. The molecule has 0 heterocycles. The number of carbonyl (C=O) groups is 2. The van der Waals surface area contributed by atoms with E-state index in [2.05, 4.69) is 0 Å². The molecular formula is C14H12BNO4. The summed E-state index contributed by atoms with van der Waals surface area (Å²) in [6.45, 7) is 0. The van der Waals surface area contributed by atoms with Crippen molar-refractivity contribution in [1.29, 1.82) is 0 Å². The van der Waals surface area contributed by atoms with Gasteiger partial charge in [-0.2, -0.15) is 0 Å². The number of benzene rings is 2. The zero-order valence-electron chi connectivity index (χ0n) is 10.5. The number of amides is 1. The molecule has 4 N–H and O–H groups in total. The van der Waals surface area contributed by atoms with Crippen LogP contribution in [-0.2, 0) is 0 Å². The molecule has 0 atom stereocenters. The molecule has 0 aliphatic heterocycles. The summed E-state index contributed by atoms with van der Waals surface area (Å²) in [5.74, 6) is -0.510. The Bertz CT molecular complexity index is 652. The molecule has 0 saturated carbocycles. The van der Waals surface area contributed by atoms with Crippen LogP contribution in [0.2, 0.25) is 0 Å². The van der Waals surface area contributed by atoms with E-state index in [0.29, 0.717) is 5.56 Å². The number of hydrogen-bond donors (Lipinski definition) is 3. The first-order chi connectivity index (χ1) is 9.49. The van der Waals surface area contributed by atoms with Crippen molar-refractivity contribution >= 4 is 18.7 Å². The molecule has 2 rings (SSSR count). The third kappa shape index (κ3) is 2.93. The van der Waals surface area contributed by atoms with Gasteiger partial charge in [-0.1, -0.05) is 30.3 Å². The van der Waals surface area contributed by atoms with Crippen molar-refractivity contribution in [3.05, 3.63) is 59.7 Å². The van der Waals surface area contributed by atoms with Crippen LogP contribution in [-0.4, -0.2) is 28.8 Å². The van der Waals surface area contributed by atoms with Gasteiger partial charge in [-0.25, -0.2) is 0 Å². The van der Waals surface area contributed by atoms with E-state index in [1.54, 1.807) is 42.5 Å². The van der Waals surface area contributed by atoms with Gasteiger partial charge >= 0.3 is 7.12 Å². The van der Waals surface area contributed by atoms with Crippen molar-refractivity contribution < 1.29 is 19.6 Å². The third-order valence-electron chi connectivity index (χ3n) is 2.88. The van der Waals surface area contributed by atoms with Gasteiger partial charge in [-0.3, -0.25) is 9.59 Å². The lowest BCUT2D eigenvalue weighted by atomic mass is 9.79. The predicted molar refractivity (Wildman–Crippen MR) is 74.9 cm³/mol. The molecule has 5 nitrogen and oxygen atoms in total. The van der Waals surface area contributed by atoms with Crippen LogP contribution < -0.4 is 5.73 Å². The molecule has 2 aromatic carbocycles. The number of nitrogens with two attached hydrogens (primary N) is 1. The molecule has 0 fully saturated rings. The van der Waals surface area contributed by atoms with E-state index >= 15 is 0 Å². The quantitative estimate of drug-likeness (QED) is 0.709. The van der Waals surface area contributed by atoms with E-state index in [1.165, 1.54) is 6.07 Å². The molecule has 0 spiro atoms. The Labute approximate surface area is 115 Å². The lowest BCUT2D eigenvalue weighted by molar-refractivity contribution is 0.0999. The second-order valence-electron chi connectivity index (χ2n) is 4.26. The fraction of sp³-hybridized carbons (Fsp3) is 0. The van der Waals surface area contributed by atoms with Gasteiger partial charge in [0.2, 0.25) is 5.91 Å². The number of hydrogen-bond acceptors (Lipinski definition) is 4. The first-order valence-electron chi connectivity index (χ1n) is 5.89. The second-order valence-corrected chi connectivity index (χ2v) is 4.26. The zero-order chi connectivity index (χ0) is 14.7. The van der Waals surface area contributed by atoms with Gasteiger partial charge in [0, 0.05) is 11.1 Å². The second kappa shape index (κ2) is 5.69. The summed E-state index contributed by atoms with van der Waals surface area (Å²) in [6, 6.07) is 13.1. The maximum atomic E-state index is 11.5. The molecule has 6 heteroatoms. The van der Waals surface area contributed by atoms with Gasteiger partial charge in [0.1, 0.15) is 0 Å². The van der Waals surface area contributed by atoms with Crippen LogP contribution in [0.15, 0.2) is 48.5 Å². The van der Waals surface area contributed by atoms with E-state index < -0.39 is 18.7 Å². The highest BCUT2D eigenvalue weighted by Gasteiger charge is 2.21. The van der Waals surface area contributed by atoms with Gasteiger partial charge in [0.15, 0.2) is 5.68 Å². The highest BCUT2D eigenvalue weighted by Crippen LogP contribution is 2.21. The van der Waals surface area contributed by atoms with E-state index in [9.17, 15) is 9.59 Å². The van der Waals surface area contributed by atoms with E-state index in [0.717, 1.165) is 11.1 Å². The van der Waals surface area contributed by atoms with Gasteiger partial charge in [0.25, 0.3) is 0 Å². The van der Waals surface area contributed by atoms with Crippen molar-refractivity contribution in [2.24, 2.45) is 5.73 Å². The van der Waals surface area contributed by atoms with Crippen molar-refractivity contribution in [2.45, 2.75) is 0 Å². The highest BCUT2D eigenvalue weighted by molar-refractivity contribution is 6.81. The van der Waals surface area contributed by atoms with Crippen LogP contribution in [0.1, 0.15) is 20.7 Å². The van der Waals surface area contributed by atoms with Crippen molar-refractivity contribution in [3.8, 4) is 11.1 Å². The minimum Gasteiger partial charge on any atom is -0.421 e. The van der Waals surface area contributed by atoms with Gasteiger partial charge in [0.05, 0.1) is 0 Å². The number of rotatable bonds is 4. The predicted octanol–water partition coefficient (Wildman–Crippen LogP) is 0.647. The molecule has 2 aromatic rings. The van der Waals surface area contributed by atoms with Crippen molar-refractivity contribution in [3.63, 3.8) is 0 Å².